The fraction of sp³-hybridized carbons (Fsp3) is 0.214. The highest BCUT2D eigenvalue weighted by Crippen LogP contribution is 2.10. The van der Waals surface area contributed by atoms with Crippen LogP contribution < -0.4 is 5.73 Å². The summed E-state index contributed by atoms with van der Waals surface area (Å²) in [6, 6.07) is 7.17. The predicted molar refractivity (Wildman–Crippen MR) is 75.3 cm³/mol. The number of hydrogen-bond donors (Lipinski definition) is 1. The van der Waals surface area contributed by atoms with Gasteiger partial charge < -0.3 is 5.73 Å². The van der Waals surface area contributed by atoms with Crippen LogP contribution in [0.3, 0.4) is 0 Å². The Hall–Kier alpha value is -2.63. The van der Waals surface area contributed by atoms with Crippen molar-refractivity contribution in [3.05, 3.63) is 53.6 Å². The van der Waals surface area contributed by atoms with Crippen LogP contribution in [0.4, 0.5) is 0 Å². The van der Waals surface area contributed by atoms with Crippen molar-refractivity contribution < 1.29 is 4.79 Å². The first kappa shape index (κ1) is 13.8. The van der Waals surface area contributed by atoms with E-state index in [9.17, 15) is 4.79 Å². The van der Waals surface area contributed by atoms with Gasteiger partial charge in [0.25, 0.3) is 0 Å². The molecule has 2 N–H and O–H groups in total. The van der Waals surface area contributed by atoms with Crippen LogP contribution in [-0.2, 0) is 6.54 Å². The smallest absolute Gasteiger partial charge is 0.249 e. The average Bonchev–Trinajstić information content (AvgIpc) is 2.49. The first-order valence-corrected chi connectivity index (χ1v) is 6.26. The van der Waals surface area contributed by atoms with Gasteiger partial charge in [-0.05, 0) is 18.1 Å². The Bertz CT molecular complexity index is 624. The molecule has 0 aliphatic heterocycles. The van der Waals surface area contributed by atoms with Gasteiger partial charge in [-0.1, -0.05) is 25.1 Å². The predicted octanol–water partition coefficient (Wildman–Crippen LogP) is 1.37. The number of carbonyl (C=O) groups excluding carboxylic acids is 1. The first-order valence-electron chi connectivity index (χ1n) is 6.26. The van der Waals surface area contributed by atoms with E-state index < -0.39 is 5.91 Å². The summed E-state index contributed by atoms with van der Waals surface area (Å²) >= 11 is 0. The molecule has 0 bridgehead atoms. The van der Waals surface area contributed by atoms with Gasteiger partial charge in [0.15, 0.2) is 0 Å². The van der Waals surface area contributed by atoms with Gasteiger partial charge in [-0.25, -0.2) is 4.98 Å². The highest BCUT2D eigenvalue weighted by molar-refractivity contribution is 5.98. The second-order valence-electron chi connectivity index (χ2n) is 4.13. The molecule has 2 rings (SSSR count). The number of amides is 1. The van der Waals surface area contributed by atoms with E-state index in [1.54, 1.807) is 18.3 Å². The number of rotatable bonds is 5. The molecule has 0 unspecified atom stereocenters. The Balaban J connectivity index is 2.26. The van der Waals surface area contributed by atoms with Crippen LogP contribution >= 0.6 is 0 Å². The fourth-order valence-electron chi connectivity index (χ4n) is 1.83. The Kier molecular flexibility index (Phi) is 4.49. The molecule has 1 heterocycles. The zero-order valence-electron chi connectivity index (χ0n) is 11.2. The molecule has 0 aliphatic carbocycles. The molecule has 0 fully saturated rings. The molecule has 102 valence electrons. The van der Waals surface area contributed by atoms with Crippen LogP contribution in [0.15, 0.2) is 41.8 Å². The third-order valence-electron chi connectivity index (χ3n) is 2.83. The van der Waals surface area contributed by atoms with Crippen LogP contribution in [0, 0.1) is 0 Å². The molecule has 1 amide bonds. The maximum atomic E-state index is 11.3. The summed E-state index contributed by atoms with van der Waals surface area (Å²) in [6.07, 6.45) is 3.70. The molecule has 6 heteroatoms. The van der Waals surface area contributed by atoms with Crippen molar-refractivity contribution in [2.24, 2.45) is 10.7 Å². The van der Waals surface area contributed by atoms with Gasteiger partial charge in [-0.3, -0.25) is 9.79 Å². The number of hydrogen-bond acceptors (Lipinski definition) is 5. The Morgan fingerprint density at radius 3 is 2.80 bits per heavy atom. The third kappa shape index (κ3) is 3.23. The molecule has 0 aliphatic rings. The minimum atomic E-state index is -0.449. The summed E-state index contributed by atoms with van der Waals surface area (Å²) in [5.74, 6) is -0.449. The van der Waals surface area contributed by atoms with Crippen molar-refractivity contribution in [3.63, 3.8) is 0 Å². The van der Waals surface area contributed by atoms with E-state index in [0.717, 1.165) is 11.3 Å². The zero-order valence-corrected chi connectivity index (χ0v) is 11.2. The summed E-state index contributed by atoms with van der Waals surface area (Å²) in [4.78, 5) is 19.8. The summed E-state index contributed by atoms with van der Waals surface area (Å²) in [6.45, 7) is 2.35. The van der Waals surface area contributed by atoms with Crippen molar-refractivity contribution >= 4 is 11.6 Å². The van der Waals surface area contributed by atoms with E-state index in [4.69, 9.17) is 5.73 Å². The lowest BCUT2D eigenvalue weighted by Crippen LogP contribution is -2.13. The summed E-state index contributed by atoms with van der Waals surface area (Å²) in [7, 11) is 0. The standard InChI is InChI=1S/C14H15N5O/c1-2-12(13-8-16-9-18-19-13)17-7-10-5-3-4-6-11(10)14(15)20/h3-6,8-9H,2,7H2,1H3,(H2,15,20). The van der Waals surface area contributed by atoms with E-state index in [2.05, 4.69) is 20.2 Å². The van der Waals surface area contributed by atoms with Crippen molar-refractivity contribution in [3.8, 4) is 0 Å². The molecule has 2 aromatic rings. The van der Waals surface area contributed by atoms with Crippen LogP contribution in [0.2, 0.25) is 0 Å². The van der Waals surface area contributed by atoms with Crippen molar-refractivity contribution in [2.45, 2.75) is 19.9 Å². The summed E-state index contributed by atoms with van der Waals surface area (Å²) < 4.78 is 0. The second-order valence-corrected chi connectivity index (χ2v) is 4.13. The number of aliphatic imine (C=N–C) groups is 1. The molecule has 0 atom stereocenters. The molecule has 0 saturated heterocycles. The minimum Gasteiger partial charge on any atom is -0.366 e. The Morgan fingerprint density at radius 2 is 2.15 bits per heavy atom. The molecule has 0 saturated carbocycles. The largest absolute Gasteiger partial charge is 0.366 e. The number of nitrogens with zero attached hydrogens (tertiary/aromatic N) is 4. The molecular formula is C14H15N5O. The first-order chi connectivity index (χ1) is 9.72. The van der Waals surface area contributed by atoms with E-state index in [-0.39, 0.29) is 0 Å². The fourth-order valence-corrected chi connectivity index (χ4v) is 1.83. The van der Waals surface area contributed by atoms with E-state index >= 15 is 0 Å². The Morgan fingerprint density at radius 1 is 1.35 bits per heavy atom. The Labute approximate surface area is 116 Å². The van der Waals surface area contributed by atoms with E-state index in [1.807, 2.05) is 19.1 Å². The topological polar surface area (TPSA) is 94.1 Å². The molecule has 0 radical (unpaired) electrons. The summed E-state index contributed by atoms with van der Waals surface area (Å²) in [5.41, 5.74) is 8.07. The van der Waals surface area contributed by atoms with Gasteiger partial charge in [0.1, 0.15) is 12.0 Å². The van der Waals surface area contributed by atoms with E-state index in [1.165, 1.54) is 6.33 Å². The van der Waals surface area contributed by atoms with Crippen molar-refractivity contribution in [2.75, 3.05) is 0 Å². The van der Waals surface area contributed by atoms with E-state index in [0.29, 0.717) is 24.2 Å². The molecule has 6 nitrogen and oxygen atoms in total. The number of nitrogens with two attached hydrogens (primary N) is 1. The van der Waals surface area contributed by atoms with Gasteiger partial charge >= 0.3 is 0 Å². The van der Waals surface area contributed by atoms with Gasteiger partial charge in [0.2, 0.25) is 5.91 Å². The van der Waals surface area contributed by atoms with Crippen molar-refractivity contribution in [1.29, 1.82) is 0 Å². The zero-order chi connectivity index (χ0) is 14.4. The molecule has 0 spiro atoms. The lowest BCUT2D eigenvalue weighted by Gasteiger charge is -2.05. The number of carbonyl (C=O) groups is 1. The average molecular weight is 269 g/mol. The molecule has 1 aromatic heterocycles. The highest BCUT2D eigenvalue weighted by atomic mass is 16.1. The second kappa shape index (κ2) is 6.51. The van der Waals surface area contributed by atoms with Crippen LogP contribution in [0.25, 0.3) is 0 Å². The molecule has 1 aromatic carbocycles. The maximum Gasteiger partial charge on any atom is 0.249 e. The number of aromatic nitrogens is 3. The third-order valence-corrected chi connectivity index (χ3v) is 2.83. The van der Waals surface area contributed by atoms with Gasteiger partial charge in [-0.2, -0.15) is 0 Å². The maximum absolute atomic E-state index is 11.3. The minimum absolute atomic E-state index is 0.374. The van der Waals surface area contributed by atoms with Crippen LogP contribution in [0.1, 0.15) is 35.0 Å². The van der Waals surface area contributed by atoms with Gasteiger partial charge in [0, 0.05) is 5.56 Å². The van der Waals surface area contributed by atoms with Crippen LogP contribution in [-0.4, -0.2) is 26.8 Å². The summed E-state index contributed by atoms with van der Waals surface area (Å²) in [5, 5.41) is 7.72. The lowest BCUT2D eigenvalue weighted by atomic mass is 10.1. The van der Waals surface area contributed by atoms with Gasteiger partial charge in [0.05, 0.1) is 18.5 Å². The normalized spacial score (nSPS) is 11.3. The molecular weight excluding hydrogens is 254 g/mol. The van der Waals surface area contributed by atoms with Crippen molar-refractivity contribution in [1.82, 2.24) is 15.2 Å². The van der Waals surface area contributed by atoms with Crippen LogP contribution in [0.5, 0.6) is 0 Å². The quantitative estimate of drug-likeness (QED) is 0.829. The highest BCUT2D eigenvalue weighted by Gasteiger charge is 2.08. The monoisotopic (exact) mass is 269 g/mol. The van der Waals surface area contributed by atoms with Gasteiger partial charge in [-0.15, -0.1) is 10.2 Å². The lowest BCUT2D eigenvalue weighted by molar-refractivity contribution is 0.0999. The SMILES string of the molecule is CCC(=NCc1ccccc1C(N)=O)c1cncnn1. The molecule has 20 heavy (non-hydrogen) atoms. The number of benzene rings is 1. The number of primary amides is 1.